The Morgan fingerprint density at radius 1 is 0.962 bits per heavy atom. The number of aromatic nitrogens is 3. The van der Waals surface area contributed by atoms with Crippen molar-refractivity contribution in [2.45, 2.75) is 6.92 Å². The van der Waals surface area contributed by atoms with Gasteiger partial charge in [0.05, 0.1) is 11.1 Å². The zero-order valence-corrected chi connectivity index (χ0v) is 14.0. The van der Waals surface area contributed by atoms with Crippen molar-refractivity contribution < 1.29 is 5.11 Å². The fourth-order valence-electron chi connectivity index (χ4n) is 3.64. The first-order valence-electron chi connectivity index (χ1n) is 8.35. The number of aromatic hydroxyl groups is 1. The van der Waals surface area contributed by atoms with Gasteiger partial charge in [0.15, 0.2) is 0 Å². The number of fused-ring (bicyclic) bond motifs is 5. The van der Waals surface area contributed by atoms with Crippen molar-refractivity contribution in [3.8, 4) is 17.0 Å². The van der Waals surface area contributed by atoms with Crippen LogP contribution in [0.1, 0.15) is 5.56 Å². The number of para-hydroxylation sites is 1. The lowest BCUT2D eigenvalue weighted by Gasteiger charge is -2.10. The van der Waals surface area contributed by atoms with Gasteiger partial charge in [0.1, 0.15) is 11.4 Å². The molecule has 3 N–H and O–H groups in total. The molecular weight excluding hydrogens is 326 g/mol. The van der Waals surface area contributed by atoms with Gasteiger partial charge < -0.3 is 15.1 Å². The maximum absolute atomic E-state index is 13.0. The van der Waals surface area contributed by atoms with Gasteiger partial charge in [-0.2, -0.15) is 0 Å². The molecule has 26 heavy (non-hydrogen) atoms. The van der Waals surface area contributed by atoms with Gasteiger partial charge in [-0.15, -0.1) is 0 Å². The van der Waals surface area contributed by atoms with E-state index in [0.717, 1.165) is 38.4 Å². The summed E-state index contributed by atoms with van der Waals surface area (Å²) < 4.78 is 0. The zero-order valence-electron chi connectivity index (χ0n) is 14.0. The largest absolute Gasteiger partial charge is 0.508 e. The molecule has 0 unspecified atom stereocenters. The summed E-state index contributed by atoms with van der Waals surface area (Å²) >= 11 is 0. The van der Waals surface area contributed by atoms with Gasteiger partial charge in [-0.1, -0.05) is 18.2 Å². The van der Waals surface area contributed by atoms with E-state index in [4.69, 9.17) is 4.98 Å². The molecule has 0 aliphatic carbocycles. The van der Waals surface area contributed by atoms with E-state index >= 15 is 0 Å². The van der Waals surface area contributed by atoms with Crippen molar-refractivity contribution in [2.24, 2.45) is 0 Å². The van der Waals surface area contributed by atoms with Crippen LogP contribution in [0.25, 0.3) is 44.0 Å². The van der Waals surface area contributed by atoms with Gasteiger partial charge in [0.25, 0.3) is 5.56 Å². The van der Waals surface area contributed by atoms with E-state index in [9.17, 15) is 9.90 Å². The summed E-state index contributed by atoms with van der Waals surface area (Å²) in [6.45, 7) is 2.01. The van der Waals surface area contributed by atoms with Crippen molar-refractivity contribution in [3.05, 3.63) is 70.6 Å². The minimum atomic E-state index is -0.170. The number of benzene rings is 2. The maximum Gasteiger partial charge on any atom is 0.258 e. The third kappa shape index (κ3) is 1.97. The summed E-state index contributed by atoms with van der Waals surface area (Å²) in [5.41, 5.74) is 3.80. The highest BCUT2D eigenvalue weighted by molar-refractivity contribution is 6.21. The average Bonchev–Trinajstić information content (AvgIpc) is 3.02. The van der Waals surface area contributed by atoms with Crippen molar-refractivity contribution >= 4 is 32.7 Å². The van der Waals surface area contributed by atoms with Crippen molar-refractivity contribution in [1.82, 2.24) is 15.0 Å². The molecule has 0 aliphatic rings. The second kappa shape index (κ2) is 5.20. The van der Waals surface area contributed by atoms with E-state index in [-0.39, 0.29) is 11.3 Å². The molecule has 0 saturated heterocycles. The Bertz CT molecular complexity index is 1360. The molecule has 126 valence electrons. The first kappa shape index (κ1) is 14.7. The molecule has 3 aromatic heterocycles. The lowest BCUT2D eigenvalue weighted by Crippen LogP contribution is -2.09. The summed E-state index contributed by atoms with van der Waals surface area (Å²) in [5.74, 6) is 0.175. The highest BCUT2D eigenvalue weighted by Gasteiger charge is 2.18. The van der Waals surface area contributed by atoms with Crippen LogP contribution in [0.5, 0.6) is 5.75 Å². The molecule has 2 aromatic carbocycles. The normalized spacial score (nSPS) is 11.6. The molecule has 3 heterocycles. The van der Waals surface area contributed by atoms with Crippen LogP contribution in [0.4, 0.5) is 0 Å². The van der Waals surface area contributed by atoms with Gasteiger partial charge in [0.2, 0.25) is 0 Å². The van der Waals surface area contributed by atoms with Crippen LogP contribution in [-0.4, -0.2) is 20.1 Å². The summed E-state index contributed by atoms with van der Waals surface area (Å²) in [6.07, 6.45) is 1.91. The number of H-pyrrole nitrogens is 2. The number of hydrogen-bond acceptors (Lipinski definition) is 3. The number of nitrogens with one attached hydrogen (secondary N) is 2. The Labute approximate surface area is 148 Å². The van der Waals surface area contributed by atoms with E-state index in [1.165, 1.54) is 0 Å². The molecule has 5 rings (SSSR count). The third-order valence-corrected chi connectivity index (χ3v) is 4.83. The molecular formula is C21H15N3O2. The van der Waals surface area contributed by atoms with Crippen LogP contribution >= 0.6 is 0 Å². The van der Waals surface area contributed by atoms with Crippen LogP contribution in [0.2, 0.25) is 0 Å². The van der Waals surface area contributed by atoms with Gasteiger partial charge in [0, 0.05) is 33.4 Å². The summed E-state index contributed by atoms with van der Waals surface area (Å²) in [4.78, 5) is 23.9. The molecule has 0 fully saturated rings. The van der Waals surface area contributed by atoms with Crippen molar-refractivity contribution in [1.29, 1.82) is 0 Å². The highest BCUT2D eigenvalue weighted by atomic mass is 16.3. The highest BCUT2D eigenvalue weighted by Crippen LogP contribution is 2.35. The molecule has 5 aromatic rings. The second-order valence-electron chi connectivity index (χ2n) is 6.45. The smallest absolute Gasteiger partial charge is 0.258 e. The standard InChI is InChI=1S/C21H15N3O2/c1-11-10-22-20-16(11)17-14-4-2-3-5-15(14)23-21(26)18(17)19(24-20)12-6-8-13(25)9-7-12/h2-10,25H,1H3,(H,22,24)(H,23,26). The Morgan fingerprint density at radius 3 is 2.54 bits per heavy atom. The van der Waals surface area contributed by atoms with E-state index in [1.54, 1.807) is 24.3 Å². The Morgan fingerprint density at radius 2 is 1.73 bits per heavy atom. The van der Waals surface area contributed by atoms with Gasteiger partial charge in [-0.3, -0.25) is 4.79 Å². The van der Waals surface area contributed by atoms with Crippen LogP contribution in [0.15, 0.2) is 59.5 Å². The van der Waals surface area contributed by atoms with Crippen LogP contribution in [-0.2, 0) is 0 Å². The van der Waals surface area contributed by atoms with Crippen LogP contribution in [0, 0.1) is 6.92 Å². The molecule has 0 atom stereocenters. The van der Waals surface area contributed by atoms with E-state index in [0.29, 0.717) is 11.1 Å². The first-order valence-corrected chi connectivity index (χ1v) is 8.35. The molecule has 5 nitrogen and oxygen atoms in total. The maximum atomic E-state index is 13.0. The number of aryl methyl sites for hydroxylation is 1. The quantitative estimate of drug-likeness (QED) is 0.399. The molecule has 0 saturated carbocycles. The number of phenols is 1. The van der Waals surface area contributed by atoms with Crippen molar-refractivity contribution in [2.75, 3.05) is 0 Å². The van der Waals surface area contributed by atoms with Gasteiger partial charge in [-0.25, -0.2) is 4.98 Å². The molecule has 5 heteroatoms. The van der Waals surface area contributed by atoms with Crippen LogP contribution < -0.4 is 5.56 Å². The van der Waals surface area contributed by atoms with Gasteiger partial charge >= 0.3 is 0 Å². The molecule has 0 spiro atoms. The van der Waals surface area contributed by atoms with E-state index in [2.05, 4.69) is 9.97 Å². The molecule has 0 amide bonds. The van der Waals surface area contributed by atoms with Crippen molar-refractivity contribution in [3.63, 3.8) is 0 Å². The second-order valence-corrected chi connectivity index (χ2v) is 6.45. The average molecular weight is 341 g/mol. The van der Waals surface area contributed by atoms with Crippen LogP contribution in [0.3, 0.4) is 0 Å². The number of phenolic OH excluding ortho intramolecular Hbond substituents is 1. The summed E-state index contributed by atoms with van der Waals surface area (Å²) in [6, 6.07) is 14.5. The minimum Gasteiger partial charge on any atom is -0.508 e. The Hall–Kier alpha value is -3.60. The predicted octanol–water partition coefficient (Wildman–Crippen LogP) is 4.24. The SMILES string of the molecule is Cc1c[nH]c2nc(-c3ccc(O)cc3)c3c(=O)[nH]c4ccccc4c3c12. The lowest BCUT2D eigenvalue weighted by molar-refractivity contribution is 0.475. The summed E-state index contributed by atoms with van der Waals surface area (Å²) in [7, 11) is 0. The number of aromatic amines is 2. The number of nitrogens with zero attached hydrogens (tertiary/aromatic N) is 1. The molecule has 0 bridgehead atoms. The van der Waals surface area contributed by atoms with E-state index in [1.807, 2.05) is 37.4 Å². The minimum absolute atomic E-state index is 0.170. The number of pyridine rings is 2. The number of rotatable bonds is 1. The lowest BCUT2D eigenvalue weighted by atomic mass is 9.98. The molecule has 0 aliphatic heterocycles. The fourth-order valence-corrected chi connectivity index (χ4v) is 3.64. The van der Waals surface area contributed by atoms with Gasteiger partial charge in [-0.05, 0) is 42.8 Å². The third-order valence-electron chi connectivity index (χ3n) is 4.83. The zero-order chi connectivity index (χ0) is 17.8. The Kier molecular flexibility index (Phi) is 2.94. The monoisotopic (exact) mass is 341 g/mol. The summed E-state index contributed by atoms with van der Waals surface area (Å²) in [5, 5.41) is 13.0. The Balaban J connectivity index is 2.08. The first-order chi connectivity index (χ1) is 12.6. The predicted molar refractivity (Wildman–Crippen MR) is 104 cm³/mol. The fraction of sp³-hybridized carbons (Fsp3) is 0.0476. The van der Waals surface area contributed by atoms with E-state index < -0.39 is 0 Å². The topological polar surface area (TPSA) is 81.8 Å². The molecule has 0 radical (unpaired) electrons. The number of hydrogen-bond donors (Lipinski definition) is 3.